The predicted molar refractivity (Wildman–Crippen MR) is 153 cm³/mol. The number of hydrogen-bond acceptors (Lipinski definition) is 6. The number of amides is 1. The summed E-state index contributed by atoms with van der Waals surface area (Å²) in [7, 11) is 0. The highest BCUT2D eigenvalue weighted by atomic mass is 32.2. The molecule has 6 nitrogen and oxygen atoms in total. The van der Waals surface area contributed by atoms with Gasteiger partial charge in [-0.25, -0.2) is 0 Å². The summed E-state index contributed by atoms with van der Waals surface area (Å²) >= 11 is 7.69. The van der Waals surface area contributed by atoms with Crippen molar-refractivity contribution in [1.29, 1.82) is 0 Å². The van der Waals surface area contributed by atoms with Crippen LogP contribution in [0, 0.1) is 5.92 Å². The third kappa shape index (κ3) is 8.42. The molecule has 1 aromatic carbocycles. The van der Waals surface area contributed by atoms with E-state index < -0.39 is 0 Å². The summed E-state index contributed by atoms with van der Waals surface area (Å²) in [4.78, 5) is 18.7. The lowest BCUT2D eigenvalue weighted by atomic mass is 9.85. The number of nitrogens with zero attached hydrogens (tertiary/aromatic N) is 2. The largest absolute Gasteiger partial charge is 0.395 e. The zero-order valence-electron chi connectivity index (χ0n) is 21.6. The van der Waals surface area contributed by atoms with E-state index >= 15 is 0 Å². The molecule has 8 heteroatoms. The lowest BCUT2D eigenvalue weighted by Gasteiger charge is -2.34. The van der Waals surface area contributed by atoms with Crippen LogP contribution in [0.1, 0.15) is 63.4 Å². The van der Waals surface area contributed by atoms with E-state index in [-0.39, 0.29) is 24.6 Å². The van der Waals surface area contributed by atoms with E-state index in [4.69, 9.17) is 12.2 Å². The van der Waals surface area contributed by atoms with Gasteiger partial charge in [-0.2, -0.15) is 0 Å². The van der Waals surface area contributed by atoms with Crippen molar-refractivity contribution in [3.05, 3.63) is 35.9 Å². The highest BCUT2D eigenvalue weighted by molar-refractivity contribution is 7.99. The van der Waals surface area contributed by atoms with Crippen molar-refractivity contribution in [2.24, 2.45) is 5.92 Å². The van der Waals surface area contributed by atoms with Gasteiger partial charge < -0.3 is 15.7 Å². The predicted octanol–water partition coefficient (Wildman–Crippen LogP) is 3.78. The average molecular weight is 533 g/mol. The van der Waals surface area contributed by atoms with E-state index in [0.717, 1.165) is 67.9 Å². The van der Waals surface area contributed by atoms with Gasteiger partial charge in [-0.3, -0.25) is 14.6 Å². The number of thiocarbonyl (C=S) groups is 1. The number of carbonyl (C=O) groups excluding carboxylic acids is 1. The van der Waals surface area contributed by atoms with Gasteiger partial charge in [0.25, 0.3) is 0 Å². The molecule has 200 valence electrons. The summed E-state index contributed by atoms with van der Waals surface area (Å²) in [6.45, 7) is 3.75. The average Bonchev–Trinajstić information content (AvgIpc) is 3.37. The number of rotatable bonds is 11. The fourth-order valence-corrected chi connectivity index (χ4v) is 7.44. The molecule has 1 aromatic rings. The quantitative estimate of drug-likeness (QED) is 0.375. The highest BCUT2D eigenvalue weighted by Crippen LogP contribution is 2.28. The molecule has 36 heavy (non-hydrogen) atoms. The Labute approximate surface area is 226 Å². The van der Waals surface area contributed by atoms with Crippen LogP contribution in [0.2, 0.25) is 0 Å². The van der Waals surface area contributed by atoms with Crippen molar-refractivity contribution in [3.8, 4) is 0 Å². The molecule has 3 fully saturated rings. The molecule has 4 rings (SSSR count). The normalized spacial score (nSPS) is 23.4. The third-order valence-corrected chi connectivity index (χ3v) is 9.54. The Morgan fingerprint density at radius 2 is 1.86 bits per heavy atom. The molecular weight excluding hydrogens is 488 g/mol. The molecule has 1 aliphatic carbocycles. The zero-order valence-corrected chi connectivity index (χ0v) is 23.2. The molecule has 0 aromatic heterocycles. The van der Waals surface area contributed by atoms with Crippen LogP contribution in [0.25, 0.3) is 0 Å². The van der Waals surface area contributed by atoms with Crippen molar-refractivity contribution < 1.29 is 9.90 Å². The van der Waals surface area contributed by atoms with Crippen molar-refractivity contribution in [3.63, 3.8) is 0 Å². The Kier molecular flexibility index (Phi) is 11.3. The summed E-state index contributed by atoms with van der Waals surface area (Å²) < 4.78 is 0. The second kappa shape index (κ2) is 14.7. The number of nitrogens with one attached hydrogen (secondary N) is 2. The lowest BCUT2D eigenvalue weighted by molar-refractivity contribution is -0.125. The second-order valence-corrected chi connectivity index (χ2v) is 12.2. The van der Waals surface area contributed by atoms with Crippen LogP contribution in [0.4, 0.5) is 0 Å². The van der Waals surface area contributed by atoms with Gasteiger partial charge in [-0.1, -0.05) is 74.7 Å². The minimum Gasteiger partial charge on any atom is -0.395 e. The maximum atomic E-state index is 13.3. The Bertz CT molecular complexity index is 813. The van der Waals surface area contributed by atoms with Gasteiger partial charge in [-0.15, -0.1) is 11.8 Å². The number of β-amino-alcohol motifs (C(OH)–C–C–N with tert-alkyl or cyclic N) is 1. The third-order valence-electron chi connectivity index (χ3n) is 8.07. The van der Waals surface area contributed by atoms with E-state index in [1.807, 2.05) is 0 Å². The number of hydrogen-bond donors (Lipinski definition) is 3. The monoisotopic (exact) mass is 532 g/mol. The smallest absolute Gasteiger partial charge is 0.238 e. The van der Waals surface area contributed by atoms with Gasteiger partial charge in [0.05, 0.1) is 23.7 Å². The van der Waals surface area contributed by atoms with Crippen molar-refractivity contribution in [1.82, 2.24) is 20.4 Å². The molecule has 0 spiro atoms. The Morgan fingerprint density at radius 3 is 2.58 bits per heavy atom. The van der Waals surface area contributed by atoms with Crippen LogP contribution < -0.4 is 10.6 Å². The fraction of sp³-hybridized carbons (Fsp3) is 0.714. The SMILES string of the molecule is O=C(N[C@H](CCC1CCCCC1)C(=S)NC1CCN(Cc2ccccc2)CC1)[C@@H]1CSCN1CCO. The van der Waals surface area contributed by atoms with Crippen LogP contribution in [-0.4, -0.2) is 81.8 Å². The summed E-state index contributed by atoms with van der Waals surface area (Å²) in [6, 6.07) is 10.8. The van der Waals surface area contributed by atoms with Crippen LogP contribution in [-0.2, 0) is 11.3 Å². The maximum absolute atomic E-state index is 13.3. The van der Waals surface area contributed by atoms with Crippen molar-refractivity contribution >= 4 is 34.9 Å². The molecule has 2 heterocycles. The Morgan fingerprint density at radius 1 is 1.11 bits per heavy atom. The molecule has 3 aliphatic rings. The zero-order chi connectivity index (χ0) is 25.2. The fourth-order valence-electron chi connectivity index (χ4n) is 5.86. The molecule has 0 bridgehead atoms. The summed E-state index contributed by atoms with van der Waals surface area (Å²) in [5.74, 6) is 2.40. The molecule has 1 saturated carbocycles. The van der Waals surface area contributed by atoms with Gasteiger partial charge in [0, 0.05) is 43.9 Å². The van der Waals surface area contributed by atoms with Crippen molar-refractivity contribution in [2.75, 3.05) is 37.9 Å². The van der Waals surface area contributed by atoms with E-state index in [0.29, 0.717) is 12.6 Å². The molecule has 3 N–H and O–H groups in total. The number of likely N-dealkylation sites (tertiary alicyclic amines) is 1. The van der Waals surface area contributed by atoms with E-state index in [9.17, 15) is 9.90 Å². The van der Waals surface area contributed by atoms with Gasteiger partial charge in [0.15, 0.2) is 0 Å². The summed E-state index contributed by atoms with van der Waals surface area (Å²) in [6.07, 6.45) is 10.8. The second-order valence-electron chi connectivity index (χ2n) is 10.7. The Balaban J connectivity index is 1.30. The van der Waals surface area contributed by atoms with E-state index in [1.54, 1.807) is 11.8 Å². The van der Waals surface area contributed by atoms with Gasteiger partial charge in [0.2, 0.25) is 5.91 Å². The van der Waals surface area contributed by atoms with Crippen LogP contribution in [0.3, 0.4) is 0 Å². The maximum Gasteiger partial charge on any atom is 0.238 e. The standard InChI is InChI=1S/C28H44N4O2S2/c33-18-17-32-21-36-20-26(32)27(34)30-25(12-11-22-7-3-1-4-8-22)28(35)29-24-13-15-31(16-14-24)19-23-9-5-2-6-10-23/h2,5-6,9-10,22,24-26,33H,1,3-4,7-8,11-21H2,(H,29,35)(H,30,34)/t25-,26+/m1/s1. The first-order chi connectivity index (χ1) is 17.6. The first-order valence-electron chi connectivity index (χ1n) is 13.9. The first kappa shape index (κ1) is 27.8. The number of benzene rings is 1. The molecule has 0 radical (unpaired) electrons. The summed E-state index contributed by atoms with van der Waals surface area (Å²) in [5.41, 5.74) is 1.37. The topological polar surface area (TPSA) is 67.8 Å². The Hall–Kier alpha value is -1.19. The molecule has 1 amide bonds. The number of thioether (sulfide) groups is 1. The van der Waals surface area contributed by atoms with Gasteiger partial charge in [0.1, 0.15) is 0 Å². The van der Waals surface area contributed by atoms with Gasteiger partial charge >= 0.3 is 0 Å². The van der Waals surface area contributed by atoms with Crippen LogP contribution in [0.15, 0.2) is 30.3 Å². The van der Waals surface area contributed by atoms with E-state index in [2.05, 4.69) is 50.8 Å². The molecule has 0 unspecified atom stereocenters. The van der Waals surface area contributed by atoms with Crippen LogP contribution in [0.5, 0.6) is 0 Å². The summed E-state index contributed by atoms with van der Waals surface area (Å²) in [5, 5.41) is 16.4. The number of piperidine rings is 1. The minimum absolute atomic E-state index is 0.0592. The number of aliphatic hydroxyl groups excluding tert-OH is 1. The highest BCUT2D eigenvalue weighted by Gasteiger charge is 2.33. The number of aliphatic hydroxyl groups is 1. The molecule has 2 atom stereocenters. The molecule has 2 aliphatic heterocycles. The van der Waals surface area contributed by atoms with Crippen LogP contribution >= 0.6 is 24.0 Å². The van der Waals surface area contributed by atoms with E-state index in [1.165, 1.54) is 37.7 Å². The molecular formula is C28H44N4O2S2. The van der Waals surface area contributed by atoms with Gasteiger partial charge in [-0.05, 0) is 37.2 Å². The van der Waals surface area contributed by atoms with Crippen molar-refractivity contribution in [2.45, 2.75) is 82.5 Å². The number of carbonyl (C=O) groups is 1. The molecule has 2 saturated heterocycles. The minimum atomic E-state index is -0.177. The lowest BCUT2D eigenvalue weighted by Crippen LogP contribution is -2.55. The first-order valence-corrected chi connectivity index (χ1v) is 15.5.